The van der Waals surface area contributed by atoms with Gasteiger partial charge >= 0.3 is 70.0 Å². The molecule has 6 heavy (non-hydrogen) atoms. The molecule has 0 heterocycles. The predicted octanol–water partition coefficient (Wildman–Crippen LogP) is -3.41. The minimum absolute atomic E-state index is 0. The Morgan fingerprint density at radius 3 is 1.17 bits per heavy atom. The van der Waals surface area contributed by atoms with Gasteiger partial charge in [0.1, 0.15) is 0 Å². The summed E-state index contributed by atoms with van der Waals surface area (Å²) in [5, 5.41) is 0. The first kappa shape index (κ1) is 33.5. The van der Waals surface area contributed by atoms with Crippen molar-refractivity contribution in [3.05, 3.63) is 0 Å². The third-order valence-corrected chi connectivity index (χ3v) is 0. The summed E-state index contributed by atoms with van der Waals surface area (Å²) >= 11 is 0.0556. The normalized spacial score (nSPS) is 0.667. The van der Waals surface area contributed by atoms with E-state index in [1.807, 2.05) is 0 Å². The minimum Gasteiger partial charge on any atom is 0 e. The van der Waals surface area contributed by atoms with Gasteiger partial charge in [-0.3, -0.25) is 0 Å². The first-order chi connectivity index (χ1) is 1.00. The van der Waals surface area contributed by atoms with E-state index < -0.39 is 0 Å². The van der Waals surface area contributed by atoms with Crippen molar-refractivity contribution in [1.82, 2.24) is 0 Å². The molecule has 0 saturated heterocycles. The molecule has 0 unspecified atom stereocenters. The van der Waals surface area contributed by atoms with E-state index in [4.69, 9.17) is 2.69 Å². The van der Waals surface area contributed by atoms with Gasteiger partial charge < -0.3 is 0 Å². The number of hydrogen-bond donors (Lipinski definition) is 0. The second kappa shape index (κ2) is 38.3. The molecule has 0 aromatic carbocycles. The zero-order chi connectivity index (χ0) is 2.00. The Balaban J connectivity index is -0.000000000833. The zero-order valence-corrected chi connectivity index (χ0v) is 13.2. The number of hydrogen-bond acceptors (Lipinski definition) is 1. The Labute approximate surface area is 114 Å². The summed E-state index contributed by atoms with van der Waals surface area (Å²) in [5.41, 5.74) is 0. The van der Waals surface area contributed by atoms with Crippen LogP contribution in [0, 0.1) is 0 Å². The van der Waals surface area contributed by atoms with E-state index in [0.29, 0.717) is 0 Å². The van der Waals surface area contributed by atoms with Crippen LogP contribution in [-0.4, -0.2) is 67.3 Å². The molecule has 0 atom stereocenters. The van der Waals surface area contributed by atoms with Crippen LogP contribution in [0.2, 0.25) is 0 Å². The van der Waals surface area contributed by atoms with Crippen LogP contribution in [-0.2, 0) is 49.5 Å². The second-order valence-electron chi connectivity index (χ2n) is 0. The summed E-state index contributed by atoms with van der Waals surface area (Å²) in [6, 6.07) is 0. The van der Waals surface area contributed by atoms with Gasteiger partial charge in [-0.05, 0) is 0 Å². The molecule has 0 aliphatic rings. The SMILES string of the molecule is [Cd].[GeH4].[O]=[Pb].[SnH4].[Zn]. The summed E-state index contributed by atoms with van der Waals surface area (Å²) in [5.74, 6) is 0. The first-order valence-corrected chi connectivity index (χ1v) is 1.79. The largest absolute Gasteiger partial charge is 0 e. The van der Waals surface area contributed by atoms with E-state index in [-0.39, 0.29) is 114 Å². The maximum absolute atomic E-state index is 8.39. The molecule has 0 fully saturated rings. The van der Waals surface area contributed by atoms with E-state index in [9.17, 15) is 0 Å². The van der Waals surface area contributed by atoms with Gasteiger partial charge in [0.25, 0.3) is 0 Å². The maximum Gasteiger partial charge on any atom is 0 e. The molecule has 30 valence electrons. The van der Waals surface area contributed by atoms with Crippen LogP contribution in [0.15, 0.2) is 0 Å². The maximum atomic E-state index is 8.39. The summed E-state index contributed by atoms with van der Waals surface area (Å²) in [6.07, 6.45) is 0. The van der Waals surface area contributed by atoms with Crippen molar-refractivity contribution in [3.8, 4) is 0 Å². The Hall–Kier alpha value is 3.61. The van der Waals surface area contributed by atoms with Gasteiger partial charge in [-0.2, -0.15) is 0 Å². The molecule has 0 spiro atoms. The molecule has 0 N–H and O–H groups in total. The van der Waals surface area contributed by atoms with E-state index in [2.05, 4.69) is 0 Å². The fourth-order valence-corrected chi connectivity index (χ4v) is 0. The Morgan fingerprint density at radius 1 is 1.17 bits per heavy atom. The van der Waals surface area contributed by atoms with E-state index in [1.54, 1.807) is 0 Å². The summed E-state index contributed by atoms with van der Waals surface area (Å²) < 4.78 is 8.39. The minimum atomic E-state index is 0. The van der Waals surface area contributed by atoms with Gasteiger partial charge in [0.15, 0.2) is 0 Å². The van der Waals surface area contributed by atoms with Gasteiger partial charge in [-0.25, -0.2) is 0 Å². The van der Waals surface area contributed by atoms with Gasteiger partial charge in [-0.15, -0.1) is 0 Å². The molecular formula is H8CdGeOPbSnZn. The van der Waals surface area contributed by atoms with Crippen molar-refractivity contribution < 1.29 is 49.5 Å². The molecule has 0 aromatic heterocycles. The average molecular weight is 600 g/mol. The van der Waals surface area contributed by atoms with Gasteiger partial charge in [0, 0.05) is 46.8 Å². The Bertz CT molecular complexity index is 15.5. The molecular weight excluding hydrogens is 592 g/mol. The Morgan fingerprint density at radius 2 is 1.17 bits per heavy atom. The molecule has 0 amide bonds. The van der Waals surface area contributed by atoms with Crippen LogP contribution in [0.5, 0.6) is 0 Å². The standard InChI is InChI=1S/Cd.GeH4.O.Pb.Sn.Zn.4H/h;1H4;;;;;;;;. The van der Waals surface area contributed by atoms with Crippen LogP contribution in [0.1, 0.15) is 0 Å². The van der Waals surface area contributed by atoms with Crippen molar-refractivity contribution >= 4 is 67.3 Å². The Kier molecular flexibility index (Phi) is 214. The first-order valence-electron chi connectivity index (χ1n) is 0.204. The third-order valence-electron chi connectivity index (χ3n) is 0. The fraction of sp³-hybridized carbons (Fsp3) is 0. The van der Waals surface area contributed by atoms with Crippen LogP contribution in [0.3, 0.4) is 0 Å². The van der Waals surface area contributed by atoms with Crippen molar-refractivity contribution in [2.45, 2.75) is 0 Å². The van der Waals surface area contributed by atoms with Crippen molar-refractivity contribution in [2.24, 2.45) is 0 Å². The predicted molar refractivity (Wildman–Crippen MR) is 29.1 cm³/mol. The molecule has 6 heteroatoms. The summed E-state index contributed by atoms with van der Waals surface area (Å²) in [4.78, 5) is 0. The van der Waals surface area contributed by atoms with Gasteiger partial charge in [-0.1, -0.05) is 0 Å². The smallest absolute Gasteiger partial charge is 0 e. The van der Waals surface area contributed by atoms with Crippen molar-refractivity contribution in [3.63, 3.8) is 0 Å². The van der Waals surface area contributed by atoms with E-state index in [0.717, 1.165) is 0 Å². The van der Waals surface area contributed by atoms with Crippen molar-refractivity contribution in [2.75, 3.05) is 0 Å². The van der Waals surface area contributed by atoms with Crippen molar-refractivity contribution in [1.29, 1.82) is 0 Å². The average Bonchev–Trinajstić information content (AvgIpc) is 1.00. The van der Waals surface area contributed by atoms with Crippen LogP contribution < -0.4 is 0 Å². The summed E-state index contributed by atoms with van der Waals surface area (Å²) in [6.45, 7) is 0. The molecule has 1 nitrogen and oxygen atoms in total. The zero-order valence-electron chi connectivity index (χ0n) is 2.32. The second-order valence-corrected chi connectivity index (χ2v) is 0. The molecule has 0 bridgehead atoms. The fourth-order valence-electron chi connectivity index (χ4n) is 0. The topological polar surface area (TPSA) is 17.1 Å². The van der Waals surface area contributed by atoms with Gasteiger partial charge in [0.2, 0.25) is 0 Å². The number of rotatable bonds is 0. The van der Waals surface area contributed by atoms with Crippen LogP contribution >= 0.6 is 0 Å². The third kappa shape index (κ3) is 25.5. The molecule has 0 saturated carbocycles. The monoisotopic (exact) mass is 604 g/mol. The van der Waals surface area contributed by atoms with Gasteiger partial charge in [0.05, 0.1) is 0 Å². The molecule has 0 aliphatic heterocycles. The molecule has 0 aromatic rings. The molecule has 2 radical (unpaired) electrons. The molecule has 0 rings (SSSR count). The quantitative estimate of drug-likeness (QED) is 0.265. The van der Waals surface area contributed by atoms with Crippen LogP contribution in [0.25, 0.3) is 0 Å². The van der Waals surface area contributed by atoms with E-state index in [1.165, 1.54) is 0 Å². The van der Waals surface area contributed by atoms with Crippen LogP contribution in [0.4, 0.5) is 0 Å². The summed E-state index contributed by atoms with van der Waals surface area (Å²) in [7, 11) is 0. The van der Waals surface area contributed by atoms with E-state index >= 15 is 0 Å². The molecule has 0 aliphatic carbocycles.